The quantitative estimate of drug-likeness (QED) is 0.631. The van der Waals surface area contributed by atoms with E-state index >= 15 is 0 Å². The zero-order valence-electron chi connectivity index (χ0n) is 8.92. The molecule has 0 aromatic rings. The number of ketones is 1. The third-order valence-electron chi connectivity index (χ3n) is 2.18. The van der Waals surface area contributed by atoms with Crippen molar-refractivity contribution in [2.75, 3.05) is 6.54 Å². The fourth-order valence-electron chi connectivity index (χ4n) is 1.72. The van der Waals surface area contributed by atoms with E-state index in [9.17, 15) is 4.79 Å². The summed E-state index contributed by atoms with van der Waals surface area (Å²) >= 11 is 0. The Kier molecular flexibility index (Phi) is 5.14. The van der Waals surface area contributed by atoms with E-state index in [4.69, 9.17) is 0 Å². The average Bonchev–Trinajstić information content (AvgIpc) is 1.85. The molecule has 0 aliphatic rings. The van der Waals surface area contributed by atoms with Gasteiger partial charge in [-0.3, -0.25) is 9.69 Å². The molecule has 2 nitrogen and oxygen atoms in total. The lowest BCUT2D eigenvalue weighted by Gasteiger charge is -2.30. The minimum Gasteiger partial charge on any atom is -0.300 e. The van der Waals surface area contributed by atoms with Crippen molar-refractivity contribution in [2.24, 2.45) is 0 Å². The first-order valence-corrected chi connectivity index (χ1v) is 4.74. The number of rotatable bonds is 5. The summed E-state index contributed by atoms with van der Waals surface area (Å²) < 4.78 is 0. The molecule has 0 heterocycles. The minimum absolute atomic E-state index is 0.279. The Hall–Kier alpha value is -0.370. The Bertz CT molecular complexity index is 143. The van der Waals surface area contributed by atoms with Crippen LogP contribution in [0.4, 0.5) is 0 Å². The molecule has 0 fully saturated rings. The molecular formula is C10H21NO. The van der Waals surface area contributed by atoms with Crippen molar-refractivity contribution in [1.82, 2.24) is 4.90 Å². The molecule has 0 aromatic carbocycles. The maximum absolute atomic E-state index is 10.9. The Labute approximate surface area is 75.9 Å². The van der Waals surface area contributed by atoms with E-state index in [0.29, 0.717) is 18.5 Å². The highest BCUT2D eigenvalue weighted by molar-refractivity contribution is 5.76. The van der Waals surface area contributed by atoms with Gasteiger partial charge in [-0.15, -0.1) is 0 Å². The number of hydrogen-bond donors (Lipinski definition) is 0. The summed E-state index contributed by atoms with van der Waals surface area (Å²) in [5.41, 5.74) is 0. The van der Waals surface area contributed by atoms with Crippen LogP contribution in [0.1, 0.15) is 41.0 Å². The molecule has 0 rings (SSSR count). The Morgan fingerprint density at radius 2 is 1.83 bits per heavy atom. The smallest absolute Gasteiger partial charge is 0.131 e. The van der Waals surface area contributed by atoms with Crippen LogP contribution in [-0.2, 0) is 4.79 Å². The summed E-state index contributed by atoms with van der Waals surface area (Å²) in [6.07, 6.45) is 0.673. The number of carbonyl (C=O) groups excluding carboxylic acids is 1. The predicted octanol–water partition coefficient (Wildman–Crippen LogP) is 2.08. The molecule has 0 radical (unpaired) electrons. The van der Waals surface area contributed by atoms with Gasteiger partial charge in [-0.1, -0.05) is 6.92 Å². The normalized spacial score (nSPS) is 13.9. The van der Waals surface area contributed by atoms with Gasteiger partial charge in [-0.05, 0) is 34.2 Å². The first kappa shape index (κ1) is 11.6. The van der Waals surface area contributed by atoms with E-state index < -0.39 is 0 Å². The molecule has 0 saturated carbocycles. The second-order valence-electron chi connectivity index (χ2n) is 3.68. The van der Waals surface area contributed by atoms with Crippen molar-refractivity contribution in [2.45, 2.75) is 53.1 Å². The highest BCUT2D eigenvalue weighted by atomic mass is 16.1. The van der Waals surface area contributed by atoms with Crippen molar-refractivity contribution < 1.29 is 4.79 Å². The van der Waals surface area contributed by atoms with Gasteiger partial charge >= 0.3 is 0 Å². The van der Waals surface area contributed by atoms with Gasteiger partial charge < -0.3 is 0 Å². The van der Waals surface area contributed by atoms with Crippen LogP contribution >= 0.6 is 0 Å². The zero-order valence-corrected chi connectivity index (χ0v) is 8.92. The monoisotopic (exact) mass is 171 g/mol. The van der Waals surface area contributed by atoms with E-state index in [2.05, 4.69) is 32.6 Å². The first-order chi connectivity index (χ1) is 5.49. The lowest BCUT2D eigenvalue weighted by molar-refractivity contribution is -0.118. The fourth-order valence-corrected chi connectivity index (χ4v) is 1.72. The van der Waals surface area contributed by atoms with Gasteiger partial charge in [0.05, 0.1) is 0 Å². The van der Waals surface area contributed by atoms with Gasteiger partial charge in [0.25, 0.3) is 0 Å². The first-order valence-electron chi connectivity index (χ1n) is 4.74. The molecule has 0 aliphatic carbocycles. The van der Waals surface area contributed by atoms with E-state index in [1.165, 1.54) is 0 Å². The summed E-state index contributed by atoms with van der Waals surface area (Å²) in [6, 6.07) is 0.914. The van der Waals surface area contributed by atoms with E-state index in [1.807, 2.05) is 0 Å². The van der Waals surface area contributed by atoms with Gasteiger partial charge in [0.15, 0.2) is 0 Å². The Morgan fingerprint density at radius 1 is 1.33 bits per heavy atom. The second-order valence-corrected chi connectivity index (χ2v) is 3.68. The van der Waals surface area contributed by atoms with E-state index in [1.54, 1.807) is 6.92 Å². The molecule has 0 amide bonds. The lowest BCUT2D eigenvalue weighted by Crippen LogP contribution is -2.39. The number of carbonyl (C=O) groups is 1. The van der Waals surface area contributed by atoms with Crippen molar-refractivity contribution >= 4 is 5.78 Å². The SMILES string of the molecule is CCN(C(C)C)C(C)CC(C)=O. The summed E-state index contributed by atoms with van der Waals surface area (Å²) in [5, 5.41) is 0. The third-order valence-corrected chi connectivity index (χ3v) is 2.18. The Balaban J connectivity index is 4.02. The van der Waals surface area contributed by atoms with Crippen LogP contribution in [0.25, 0.3) is 0 Å². The molecule has 0 spiro atoms. The number of hydrogen-bond acceptors (Lipinski definition) is 2. The molecule has 0 saturated heterocycles. The largest absolute Gasteiger partial charge is 0.300 e. The van der Waals surface area contributed by atoms with Gasteiger partial charge in [0.2, 0.25) is 0 Å². The topological polar surface area (TPSA) is 20.3 Å². The van der Waals surface area contributed by atoms with Crippen LogP contribution in [0.3, 0.4) is 0 Å². The molecule has 0 aromatic heterocycles. The van der Waals surface area contributed by atoms with Crippen LogP contribution in [-0.4, -0.2) is 29.3 Å². The molecule has 1 atom stereocenters. The zero-order chi connectivity index (χ0) is 9.72. The van der Waals surface area contributed by atoms with Crippen molar-refractivity contribution in [3.05, 3.63) is 0 Å². The molecule has 0 aliphatic heterocycles. The molecule has 72 valence electrons. The number of Topliss-reactive ketones (excluding diaryl/α,β-unsaturated/α-hetero) is 1. The van der Waals surface area contributed by atoms with Crippen LogP contribution < -0.4 is 0 Å². The van der Waals surface area contributed by atoms with E-state index in [-0.39, 0.29) is 5.78 Å². The van der Waals surface area contributed by atoms with Gasteiger partial charge in [-0.2, -0.15) is 0 Å². The highest BCUT2D eigenvalue weighted by Crippen LogP contribution is 2.08. The van der Waals surface area contributed by atoms with Crippen LogP contribution in [0, 0.1) is 0 Å². The van der Waals surface area contributed by atoms with Gasteiger partial charge in [0, 0.05) is 18.5 Å². The average molecular weight is 171 g/mol. The second kappa shape index (κ2) is 5.31. The van der Waals surface area contributed by atoms with Crippen molar-refractivity contribution in [3.8, 4) is 0 Å². The van der Waals surface area contributed by atoms with Gasteiger partial charge in [-0.25, -0.2) is 0 Å². The van der Waals surface area contributed by atoms with Crippen LogP contribution in [0.5, 0.6) is 0 Å². The Morgan fingerprint density at radius 3 is 2.08 bits per heavy atom. The number of nitrogens with zero attached hydrogens (tertiary/aromatic N) is 1. The summed E-state index contributed by atoms with van der Waals surface area (Å²) in [4.78, 5) is 13.2. The molecule has 1 unspecified atom stereocenters. The van der Waals surface area contributed by atoms with E-state index in [0.717, 1.165) is 6.54 Å². The predicted molar refractivity (Wildman–Crippen MR) is 52.3 cm³/mol. The standard InChI is InChI=1S/C10H21NO/c1-6-11(8(2)3)9(4)7-10(5)12/h8-9H,6-7H2,1-5H3. The maximum Gasteiger partial charge on any atom is 0.131 e. The van der Waals surface area contributed by atoms with Crippen LogP contribution in [0.15, 0.2) is 0 Å². The highest BCUT2D eigenvalue weighted by Gasteiger charge is 2.15. The fraction of sp³-hybridized carbons (Fsp3) is 0.900. The maximum atomic E-state index is 10.9. The van der Waals surface area contributed by atoms with Crippen molar-refractivity contribution in [1.29, 1.82) is 0 Å². The van der Waals surface area contributed by atoms with Crippen LogP contribution in [0.2, 0.25) is 0 Å². The van der Waals surface area contributed by atoms with Crippen molar-refractivity contribution in [3.63, 3.8) is 0 Å². The third kappa shape index (κ3) is 3.86. The van der Waals surface area contributed by atoms with Gasteiger partial charge in [0.1, 0.15) is 5.78 Å². The summed E-state index contributed by atoms with van der Waals surface area (Å²) in [6.45, 7) is 11.3. The molecule has 12 heavy (non-hydrogen) atoms. The molecular weight excluding hydrogens is 150 g/mol. The summed E-state index contributed by atoms with van der Waals surface area (Å²) in [5.74, 6) is 0.279. The minimum atomic E-state index is 0.279. The summed E-state index contributed by atoms with van der Waals surface area (Å²) in [7, 11) is 0. The molecule has 0 bridgehead atoms. The molecule has 0 N–H and O–H groups in total. The lowest BCUT2D eigenvalue weighted by atomic mass is 10.1. The molecule has 2 heteroatoms.